The molecular formula is C18H18N6OS. The first-order valence-electron chi connectivity index (χ1n) is 8.22. The van der Waals surface area contributed by atoms with E-state index in [0.29, 0.717) is 11.4 Å². The van der Waals surface area contributed by atoms with Crippen LogP contribution in [-0.4, -0.2) is 30.7 Å². The van der Waals surface area contributed by atoms with E-state index in [-0.39, 0.29) is 5.91 Å². The molecule has 8 heteroatoms. The Morgan fingerprint density at radius 2 is 1.88 bits per heavy atom. The van der Waals surface area contributed by atoms with Crippen molar-refractivity contribution in [1.82, 2.24) is 30.1 Å². The maximum atomic E-state index is 12.5. The minimum atomic E-state index is -0.112. The highest BCUT2D eigenvalue weighted by Gasteiger charge is 2.16. The van der Waals surface area contributed by atoms with Gasteiger partial charge in [0, 0.05) is 12.4 Å². The number of amides is 1. The van der Waals surface area contributed by atoms with Crippen LogP contribution in [0.25, 0.3) is 15.9 Å². The third kappa shape index (κ3) is 2.88. The number of rotatable bonds is 4. The number of carbonyl (C=O) groups is 1. The summed E-state index contributed by atoms with van der Waals surface area (Å²) in [7, 11) is 1.89. The Kier molecular flexibility index (Phi) is 4.04. The summed E-state index contributed by atoms with van der Waals surface area (Å²) >= 11 is 1.44. The highest BCUT2D eigenvalue weighted by Crippen LogP contribution is 2.27. The van der Waals surface area contributed by atoms with Crippen molar-refractivity contribution in [2.24, 2.45) is 7.05 Å². The van der Waals surface area contributed by atoms with Crippen molar-refractivity contribution in [3.05, 3.63) is 58.4 Å². The summed E-state index contributed by atoms with van der Waals surface area (Å²) in [5.74, 6) is -0.112. The van der Waals surface area contributed by atoms with Crippen molar-refractivity contribution in [1.29, 1.82) is 0 Å². The predicted octanol–water partition coefficient (Wildman–Crippen LogP) is 2.76. The van der Waals surface area contributed by atoms with Gasteiger partial charge in [-0.2, -0.15) is 20.1 Å². The van der Waals surface area contributed by atoms with E-state index in [4.69, 9.17) is 0 Å². The summed E-state index contributed by atoms with van der Waals surface area (Å²) in [6.45, 7) is 4.17. The Labute approximate surface area is 154 Å². The largest absolute Gasteiger partial charge is 0.346 e. The summed E-state index contributed by atoms with van der Waals surface area (Å²) in [5.41, 5.74) is 3.37. The second-order valence-corrected chi connectivity index (χ2v) is 7.11. The Bertz CT molecular complexity index is 1060. The number of hydrogen-bond donors (Lipinski definition) is 1. The average Bonchev–Trinajstić information content (AvgIpc) is 3.30. The van der Waals surface area contributed by atoms with Crippen LogP contribution in [-0.2, 0) is 13.6 Å². The summed E-state index contributed by atoms with van der Waals surface area (Å²) in [6, 6.07) is 11.6. The van der Waals surface area contributed by atoms with Crippen molar-refractivity contribution >= 4 is 27.5 Å². The lowest BCUT2D eigenvalue weighted by molar-refractivity contribution is 0.0954. The third-order valence-corrected chi connectivity index (χ3v) is 5.40. The van der Waals surface area contributed by atoms with Crippen LogP contribution in [0, 0.1) is 13.8 Å². The molecule has 132 valence electrons. The van der Waals surface area contributed by atoms with Gasteiger partial charge in [0.1, 0.15) is 10.5 Å². The van der Waals surface area contributed by atoms with Crippen LogP contribution in [0.4, 0.5) is 0 Å². The van der Waals surface area contributed by atoms with Gasteiger partial charge in [0.2, 0.25) is 0 Å². The number of hydrogen-bond acceptors (Lipinski definition) is 5. The Hall–Kier alpha value is -3.00. The molecule has 26 heavy (non-hydrogen) atoms. The van der Waals surface area contributed by atoms with Crippen LogP contribution < -0.4 is 5.32 Å². The topological polar surface area (TPSA) is 77.6 Å². The number of benzene rings is 1. The maximum Gasteiger partial charge on any atom is 0.261 e. The van der Waals surface area contributed by atoms with Gasteiger partial charge in [0.05, 0.1) is 28.5 Å². The standard InChI is InChI=1S/C18H18N6OS/c1-11-14-9-16(26-18(14)23(3)20-11)17(25)19-10-15-12(2)21-24(22-15)13-7-5-4-6-8-13/h4-9H,10H2,1-3H3,(H,19,25). The zero-order valence-electron chi connectivity index (χ0n) is 14.7. The van der Waals surface area contributed by atoms with Crippen molar-refractivity contribution in [3.8, 4) is 5.69 Å². The van der Waals surface area contributed by atoms with E-state index in [1.165, 1.54) is 11.3 Å². The molecule has 0 spiro atoms. The zero-order chi connectivity index (χ0) is 18.3. The van der Waals surface area contributed by atoms with Crippen molar-refractivity contribution in [2.75, 3.05) is 0 Å². The Balaban J connectivity index is 1.50. The number of thiophene rings is 1. The van der Waals surface area contributed by atoms with Crippen LogP contribution in [0.2, 0.25) is 0 Å². The lowest BCUT2D eigenvalue weighted by atomic mass is 10.3. The van der Waals surface area contributed by atoms with Crippen LogP contribution in [0.5, 0.6) is 0 Å². The number of fused-ring (bicyclic) bond motifs is 1. The molecule has 0 saturated heterocycles. The number of carbonyl (C=O) groups excluding carboxylic acids is 1. The van der Waals surface area contributed by atoms with E-state index in [9.17, 15) is 4.79 Å². The van der Waals surface area contributed by atoms with Gasteiger partial charge in [-0.15, -0.1) is 11.3 Å². The fourth-order valence-corrected chi connectivity index (χ4v) is 3.86. The molecule has 4 rings (SSSR count). The quantitative estimate of drug-likeness (QED) is 0.602. The minimum Gasteiger partial charge on any atom is -0.346 e. The molecule has 4 aromatic rings. The molecule has 0 saturated carbocycles. The third-order valence-electron chi connectivity index (χ3n) is 4.20. The van der Waals surface area contributed by atoms with Gasteiger partial charge in [0.15, 0.2) is 0 Å². The normalized spacial score (nSPS) is 11.2. The molecule has 0 unspecified atom stereocenters. The SMILES string of the molecule is Cc1nn(-c2ccccc2)nc1CNC(=O)c1cc2c(C)nn(C)c2s1. The summed E-state index contributed by atoms with van der Waals surface area (Å²) in [6.07, 6.45) is 0. The first kappa shape index (κ1) is 16.5. The van der Waals surface area contributed by atoms with Crippen LogP contribution >= 0.6 is 11.3 Å². The van der Waals surface area contributed by atoms with Gasteiger partial charge in [-0.25, -0.2) is 0 Å². The number of para-hydroxylation sites is 1. The van der Waals surface area contributed by atoms with Crippen molar-refractivity contribution in [2.45, 2.75) is 20.4 Å². The summed E-state index contributed by atoms with van der Waals surface area (Å²) in [4.78, 5) is 15.8. The molecule has 0 aliphatic carbocycles. The second-order valence-electron chi connectivity index (χ2n) is 6.08. The number of nitrogens with zero attached hydrogens (tertiary/aromatic N) is 5. The smallest absolute Gasteiger partial charge is 0.261 e. The minimum absolute atomic E-state index is 0.112. The fourth-order valence-electron chi connectivity index (χ4n) is 2.82. The van der Waals surface area contributed by atoms with Gasteiger partial charge in [-0.1, -0.05) is 18.2 Å². The molecule has 0 fully saturated rings. The lowest BCUT2D eigenvalue weighted by Gasteiger charge is -2.01. The molecule has 3 heterocycles. The molecular weight excluding hydrogens is 348 g/mol. The fraction of sp³-hybridized carbons (Fsp3) is 0.222. The highest BCUT2D eigenvalue weighted by molar-refractivity contribution is 7.20. The molecule has 0 atom stereocenters. The van der Waals surface area contributed by atoms with Crippen molar-refractivity contribution in [3.63, 3.8) is 0 Å². The van der Waals surface area contributed by atoms with Gasteiger partial charge in [-0.05, 0) is 32.0 Å². The average molecular weight is 366 g/mol. The van der Waals surface area contributed by atoms with Gasteiger partial charge in [0.25, 0.3) is 5.91 Å². The summed E-state index contributed by atoms with van der Waals surface area (Å²) < 4.78 is 1.81. The molecule has 1 aromatic carbocycles. The van der Waals surface area contributed by atoms with Gasteiger partial charge in [-0.3, -0.25) is 9.48 Å². The maximum absolute atomic E-state index is 12.5. The van der Waals surface area contributed by atoms with Gasteiger partial charge >= 0.3 is 0 Å². The first-order valence-corrected chi connectivity index (χ1v) is 9.04. The molecule has 3 aromatic heterocycles. The molecule has 0 aliphatic rings. The predicted molar refractivity (Wildman–Crippen MR) is 101 cm³/mol. The molecule has 0 radical (unpaired) electrons. The van der Waals surface area contributed by atoms with Crippen LogP contribution in [0.15, 0.2) is 36.4 Å². The number of aryl methyl sites for hydroxylation is 3. The monoisotopic (exact) mass is 366 g/mol. The van der Waals surface area contributed by atoms with E-state index >= 15 is 0 Å². The molecule has 1 amide bonds. The van der Waals surface area contributed by atoms with Crippen LogP contribution in [0.3, 0.4) is 0 Å². The second kappa shape index (κ2) is 6.38. The number of nitrogens with one attached hydrogen (secondary N) is 1. The lowest BCUT2D eigenvalue weighted by Crippen LogP contribution is -2.22. The van der Waals surface area contributed by atoms with E-state index in [1.807, 2.05) is 62.0 Å². The Morgan fingerprint density at radius 1 is 1.12 bits per heavy atom. The van der Waals surface area contributed by atoms with E-state index in [1.54, 1.807) is 4.80 Å². The first-order chi connectivity index (χ1) is 12.5. The Morgan fingerprint density at radius 3 is 2.62 bits per heavy atom. The van der Waals surface area contributed by atoms with Gasteiger partial charge < -0.3 is 5.32 Å². The summed E-state index contributed by atoms with van der Waals surface area (Å²) in [5, 5.41) is 17.2. The van der Waals surface area contributed by atoms with Crippen LogP contribution in [0.1, 0.15) is 26.8 Å². The number of aromatic nitrogens is 5. The molecule has 0 bridgehead atoms. The van der Waals surface area contributed by atoms with Crippen molar-refractivity contribution < 1.29 is 4.79 Å². The zero-order valence-corrected chi connectivity index (χ0v) is 15.5. The molecule has 0 aliphatic heterocycles. The van der Waals surface area contributed by atoms with E-state index < -0.39 is 0 Å². The highest BCUT2D eigenvalue weighted by atomic mass is 32.1. The van der Waals surface area contributed by atoms with E-state index in [0.717, 1.165) is 33.0 Å². The van der Waals surface area contributed by atoms with E-state index in [2.05, 4.69) is 20.6 Å². The molecule has 7 nitrogen and oxygen atoms in total. The molecule has 1 N–H and O–H groups in total.